The summed E-state index contributed by atoms with van der Waals surface area (Å²) < 4.78 is 6.49. The summed E-state index contributed by atoms with van der Waals surface area (Å²) in [5, 5.41) is 0. The summed E-state index contributed by atoms with van der Waals surface area (Å²) in [6, 6.07) is 4.11. The monoisotopic (exact) mass is 257 g/mol. The second-order valence-electron chi connectivity index (χ2n) is 3.27. The third-order valence-corrected chi connectivity index (χ3v) is 2.98. The Kier molecular flexibility index (Phi) is 4.42. The van der Waals surface area contributed by atoms with Gasteiger partial charge in [-0.2, -0.15) is 0 Å². The van der Waals surface area contributed by atoms with Crippen LogP contribution in [-0.2, 0) is 6.42 Å². The number of hydrogen-bond donors (Lipinski definition) is 1. The minimum absolute atomic E-state index is 0.712. The van der Waals surface area contributed by atoms with Gasteiger partial charge < -0.3 is 10.5 Å². The van der Waals surface area contributed by atoms with Gasteiger partial charge in [0.15, 0.2) is 0 Å². The van der Waals surface area contributed by atoms with E-state index in [-0.39, 0.29) is 0 Å². The Balaban J connectivity index is 3.03. The van der Waals surface area contributed by atoms with Gasteiger partial charge in [0.2, 0.25) is 0 Å². The van der Waals surface area contributed by atoms with Crippen LogP contribution in [0.5, 0.6) is 5.75 Å². The molecule has 0 saturated carbocycles. The van der Waals surface area contributed by atoms with Crippen molar-refractivity contribution in [1.29, 1.82) is 0 Å². The molecule has 0 aromatic heterocycles. The first-order valence-corrected chi connectivity index (χ1v) is 5.52. The molecule has 0 heterocycles. The van der Waals surface area contributed by atoms with Crippen LogP contribution in [0.25, 0.3) is 0 Å². The minimum atomic E-state index is 0.712. The van der Waals surface area contributed by atoms with Crippen LogP contribution in [0, 0.1) is 6.92 Å². The Morgan fingerprint density at radius 1 is 1.43 bits per heavy atom. The van der Waals surface area contributed by atoms with Crippen molar-refractivity contribution < 1.29 is 4.74 Å². The zero-order valence-corrected chi connectivity index (χ0v) is 10.2. The van der Waals surface area contributed by atoms with E-state index in [1.807, 2.05) is 0 Å². The van der Waals surface area contributed by atoms with Crippen LogP contribution in [0.1, 0.15) is 17.5 Å². The van der Waals surface area contributed by atoms with Gasteiger partial charge in [0, 0.05) is 10.0 Å². The first kappa shape index (κ1) is 11.5. The second-order valence-corrected chi connectivity index (χ2v) is 4.12. The molecular weight excluding hydrogens is 242 g/mol. The van der Waals surface area contributed by atoms with E-state index in [0.717, 1.165) is 23.1 Å². The highest BCUT2D eigenvalue weighted by Crippen LogP contribution is 2.31. The molecule has 14 heavy (non-hydrogen) atoms. The zero-order valence-electron chi connectivity index (χ0n) is 8.64. The normalized spacial score (nSPS) is 10.3. The largest absolute Gasteiger partial charge is 0.496 e. The molecule has 2 N–H and O–H groups in total. The van der Waals surface area contributed by atoms with Crippen molar-refractivity contribution in [2.24, 2.45) is 5.73 Å². The van der Waals surface area contributed by atoms with Crippen molar-refractivity contribution in [3.8, 4) is 5.75 Å². The van der Waals surface area contributed by atoms with Gasteiger partial charge in [-0.3, -0.25) is 0 Å². The van der Waals surface area contributed by atoms with E-state index in [1.54, 1.807) is 7.11 Å². The standard InChI is InChI=1S/C11H16BrNO/c1-8-5-6-10(12)9(4-3-7-13)11(8)14-2/h5-6H,3-4,7,13H2,1-2H3. The summed E-state index contributed by atoms with van der Waals surface area (Å²) in [5.41, 5.74) is 7.89. The highest BCUT2D eigenvalue weighted by atomic mass is 79.9. The Bertz CT molecular complexity index is 312. The van der Waals surface area contributed by atoms with Gasteiger partial charge >= 0.3 is 0 Å². The zero-order chi connectivity index (χ0) is 10.6. The fourth-order valence-corrected chi connectivity index (χ4v) is 2.03. The van der Waals surface area contributed by atoms with Crippen molar-refractivity contribution in [3.05, 3.63) is 27.7 Å². The number of halogens is 1. The smallest absolute Gasteiger partial charge is 0.126 e. The quantitative estimate of drug-likeness (QED) is 0.901. The maximum Gasteiger partial charge on any atom is 0.126 e. The van der Waals surface area contributed by atoms with Crippen LogP contribution >= 0.6 is 15.9 Å². The number of ether oxygens (including phenoxy) is 1. The Labute approximate surface area is 93.6 Å². The van der Waals surface area contributed by atoms with Crippen LogP contribution < -0.4 is 10.5 Å². The molecular formula is C11H16BrNO. The van der Waals surface area contributed by atoms with Crippen molar-refractivity contribution >= 4 is 15.9 Å². The highest BCUT2D eigenvalue weighted by molar-refractivity contribution is 9.10. The van der Waals surface area contributed by atoms with E-state index < -0.39 is 0 Å². The molecule has 0 aliphatic heterocycles. The number of methoxy groups -OCH3 is 1. The predicted molar refractivity (Wildman–Crippen MR) is 62.8 cm³/mol. The first-order chi connectivity index (χ1) is 6.70. The Hall–Kier alpha value is -0.540. The summed E-state index contributed by atoms with van der Waals surface area (Å²) in [6.45, 7) is 2.76. The van der Waals surface area contributed by atoms with Crippen molar-refractivity contribution in [2.45, 2.75) is 19.8 Å². The molecule has 78 valence electrons. The van der Waals surface area contributed by atoms with Crippen molar-refractivity contribution in [3.63, 3.8) is 0 Å². The van der Waals surface area contributed by atoms with Crippen LogP contribution in [0.4, 0.5) is 0 Å². The van der Waals surface area contributed by atoms with Gasteiger partial charge in [-0.05, 0) is 37.9 Å². The van der Waals surface area contributed by atoms with Gasteiger partial charge in [-0.25, -0.2) is 0 Å². The third-order valence-electron chi connectivity index (χ3n) is 2.24. The molecule has 0 radical (unpaired) electrons. The molecule has 1 aromatic rings. The number of benzene rings is 1. The maximum absolute atomic E-state index is 5.50. The number of aryl methyl sites for hydroxylation is 1. The van der Waals surface area contributed by atoms with Crippen LogP contribution in [0.15, 0.2) is 16.6 Å². The molecule has 0 spiro atoms. The summed E-state index contributed by atoms with van der Waals surface area (Å²) in [7, 11) is 1.71. The molecule has 1 aromatic carbocycles. The van der Waals surface area contributed by atoms with Crippen LogP contribution in [0.3, 0.4) is 0 Å². The topological polar surface area (TPSA) is 35.2 Å². The number of rotatable bonds is 4. The van der Waals surface area contributed by atoms with E-state index in [1.165, 1.54) is 11.1 Å². The fourth-order valence-electron chi connectivity index (χ4n) is 1.52. The van der Waals surface area contributed by atoms with E-state index in [2.05, 4.69) is 35.0 Å². The molecule has 1 rings (SSSR count). The van der Waals surface area contributed by atoms with E-state index >= 15 is 0 Å². The lowest BCUT2D eigenvalue weighted by Crippen LogP contribution is -2.03. The third kappa shape index (κ3) is 2.49. The average Bonchev–Trinajstić information content (AvgIpc) is 2.19. The van der Waals surface area contributed by atoms with Gasteiger partial charge in [0.1, 0.15) is 5.75 Å². The SMILES string of the molecule is COc1c(C)ccc(Br)c1CCCN. The van der Waals surface area contributed by atoms with Gasteiger partial charge in [0.05, 0.1) is 7.11 Å². The highest BCUT2D eigenvalue weighted by Gasteiger charge is 2.09. The molecule has 0 aliphatic carbocycles. The molecule has 0 aliphatic rings. The average molecular weight is 258 g/mol. The molecule has 3 heteroatoms. The minimum Gasteiger partial charge on any atom is -0.496 e. The van der Waals surface area contributed by atoms with Gasteiger partial charge in [-0.15, -0.1) is 0 Å². The van der Waals surface area contributed by atoms with E-state index in [0.29, 0.717) is 6.54 Å². The molecule has 0 fully saturated rings. The summed E-state index contributed by atoms with van der Waals surface area (Å²) in [4.78, 5) is 0. The lowest BCUT2D eigenvalue weighted by molar-refractivity contribution is 0.405. The molecule has 0 saturated heterocycles. The molecule has 0 unspecified atom stereocenters. The molecule has 0 amide bonds. The maximum atomic E-state index is 5.50. The second kappa shape index (κ2) is 5.37. The Morgan fingerprint density at radius 3 is 2.71 bits per heavy atom. The van der Waals surface area contributed by atoms with Crippen LogP contribution in [0.2, 0.25) is 0 Å². The van der Waals surface area contributed by atoms with E-state index in [4.69, 9.17) is 10.5 Å². The summed E-state index contributed by atoms with van der Waals surface area (Å²) in [6.07, 6.45) is 1.94. The lowest BCUT2D eigenvalue weighted by Gasteiger charge is -2.12. The molecule has 0 bridgehead atoms. The van der Waals surface area contributed by atoms with E-state index in [9.17, 15) is 0 Å². The van der Waals surface area contributed by atoms with Gasteiger partial charge in [-0.1, -0.05) is 22.0 Å². The number of hydrogen-bond acceptors (Lipinski definition) is 2. The summed E-state index contributed by atoms with van der Waals surface area (Å²) in [5.74, 6) is 0.979. The summed E-state index contributed by atoms with van der Waals surface area (Å²) >= 11 is 3.53. The van der Waals surface area contributed by atoms with Crippen LogP contribution in [-0.4, -0.2) is 13.7 Å². The Morgan fingerprint density at radius 2 is 2.14 bits per heavy atom. The van der Waals surface area contributed by atoms with Gasteiger partial charge in [0.25, 0.3) is 0 Å². The van der Waals surface area contributed by atoms with Crippen molar-refractivity contribution in [2.75, 3.05) is 13.7 Å². The lowest BCUT2D eigenvalue weighted by atomic mass is 10.1. The fraction of sp³-hybridized carbons (Fsp3) is 0.455. The first-order valence-electron chi connectivity index (χ1n) is 4.72. The molecule has 2 nitrogen and oxygen atoms in total. The molecule has 0 atom stereocenters. The predicted octanol–water partition coefficient (Wildman–Crippen LogP) is 2.66. The van der Waals surface area contributed by atoms with Crippen molar-refractivity contribution in [1.82, 2.24) is 0 Å². The number of nitrogens with two attached hydrogens (primary N) is 1.